The number of halogens is 4. The molecule has 120 valence electrons. The number of hydrogen-bond donors (Lipinski definition) is 0. The Balaban J connectivity index is 3.34. The van der Waals surface area contributed by atoms with E-state index in [1.54, 1.807) is 6.92 Å². The van der Waals surface area contributed by atoms with Gasteiger partial charge in [-0.3, -0.25) is 4.79 Å². The van der Waals surface area contributed by atoms with E-state index in [4.69, 9.17) is 32.7 Å². The van der Waals surface area contributed by atoms with Crippen molar-refractivity contribution in [3.8, 4) is 0 Å². The minimum atomic E-state index is -1.32. The van der Waals surface area contributed by atoms with Crippen LogP contribution in [-0.4, -0.2) is 25.0 Å². The van der Waals surface area contributed by atoms with Gasteiger partial charge in [-0.15, -0.1) is 0 Å². The van der Waals surface area contributed by atoms with Gasteiger partial charge in [-0.25, -0.2) is 13.6 Å². The van der Waals surface area contributed by atoms with Gasteiger partial charge in [0, 0.05) is 0 Å². The van der Waals surface area contributed by atoms with E-state index in [1.807, 2.05) is 0 Å². The van der Waals surface area contributed by atoms with Crippen LogP contribution in [0.2, 0.25) is 10.0 Å². The summed E-state index contributed by atoms with van der Waals surface area (Å²) in [4.78, 5) is 24.0. The van der Waals surface area contributed by atoms with Crippen molar-refractivity contribution in [2.75, 3.05) is 13.2 Å². The van der Waals surface area contributed by atoms with Gasteiger partial charge in [-0.2, -0.15) is 0 Å². The Kier molecular flexibility index (Phi) is 6.77. The van der Waals surface area contributed by atoms with E-state index in [1.165, 1.54) is 6.92 Å². The van der Waals surface area contributed by atoms with Crippen LogP contribution in [0.25, 0.3) is 0 Å². The molecule has 0 spiro atoms. The molecule has 8 heteroatoms. The number of carbonyl (C=O) groups is 2. The molecule has 0 saturated carbocycles. The fourth-order valence-electron chi connectivity index (χ4n) is 1.45. The Bertz CT molecular complexity index is 630. The van der Waals surface area contributed by atoms with Crippen molar-refractivity contribution < 1.29 is 27.8 Å². The van der Waals surface area contributed by atoms with E-state index in [9.17, 15) is 18.4 Å². The molecule has 0 amide bonds. The molecule has 0 saturated heterocycles. The van der Waals surface area contributed by atoms with Crippen LogP contribution in [0.5, 0.6) is 0 Å². The summed E-state index contributed by atoms with van der Waals surface area (Å²) in [5.74, 6) is -4.59. The molecule has 0 atom stereocenters. The third kappa shape index (κ3) is 3.96. The smallest absolute Gasteiger partial charge is 0.345 e. The minimum Gasteiger partial charge on any atom is -0.500 e. The first-order valence-corrected chi connectivity index (χ1v) is 6.97. The van der Waals surface area contributed by atoms with Crippen LogP contribution in [0.1, 0.15) is 24.2 Å². The summed E-state index contributed by atoms with van der Waals surface area (Å²) in [5.41, 5.74) is -1.21. The van der Waals surface area contributed by atoms with Crippen molar-refractivity contribution in [2.24, 2.45) is 0 Å². The molecule has 0 aliphatic rings. The van der Waals surface area contributed by atoms with E-state index in [2.05, 4.69) is 0 Å². The molecule has 0 aliphatic heterocycles. The van der Waals surface area contributed by atoms with Crippen molar-refractivity contribution in [3.05, 3.63) is 45.1 Å². The molecule has 1 rings (SSSR count). The highest BCUT2D eigenvalue weighted by Crippen LogP contribution is 2.30. The summed E-state index contributed by atoms with van der Waals surface area (Å²) >= 11 is 11.0. The number of rotatable bonds is 6. The zero-order valence-corrected chi connectivity index (χ0v) is 13.2. The predicted molar refractivity (Wildman–Crippen MR) is 77.1 cm³/mol. The van der Waals surface area contributed by atoms with E-state index >= 15 is 0 Å². The Morgan fingerprint density at radius 2 is 1.82 bits per heavy atom. The molecule has 0 bridgehead atoms. The van der Waals surface area contributed by atoms with Crippen LogP contribution >= 0.6 is 23.2 Å². The number of carbonyl (C=O) groups excluding carboxylic acids is 2. The maximum absolute atomic E-state index is 14.0. The minimum absolute atomic E-state index is 0.00297. The van der Waals surface area contributed by atoms with E-state index < -0.39 is 44.6 Å². The average molecular weight is 353 g/mol. The first kappa shape index (κ1) is 18.4. The quantitative estimate of drug-likeness (QED) is 0.114. The molecule has 22 heavy (non-hydrogen) atoms. The lowest BCUT2D eigenvalue weighted by molar-refractivity contribution is -0.138. The molecule has 1 aromatic rings. The summed E-state index contributed by atoms with van der Waals surface area (Å²) in [5, 5.41) is -1.48. The third-order valence-electron chi connectivity index (χ3n) is 2.46. The van der Waals surface area contributed by atoms with Crippen LogP contribution in [0.3, 0.4) is 0 Å². The summed E-state index contributed by atoms with van der Waals surface area (Å²) < 4.78 is 36.9. The molecule has 4 nitrogen and oxygen atoms in total. The number of hydrogen-bond acceptors (Lipinski definition) is 4. The normalized spacial score (nSPS) is 11.3. The second kappa shape index (κ2) is 8.10. The van der Waals surface area contributed by atoms with Gasteiger partial charge in [0.25, 0.3) is 0 Å². The van der Waals surface area contributed by atoms with Gasteiger partial charge in [0.2, 0.25) is 5.78 Å². The van der Waals surface area contributed by atoms with Gasteiger partial charge in [0.05, 0.1) is 23.8 Å². The number of Topliss-reactive ketones (excluding diaryl/α,β-unsaturated/α-hetero) is 1. The highest BCUT2D eigenvalue weighted by atomic mass is 35.5. The highest BCUT2D eigenvalue weighted by Gasteiger charge is 2.27. The van der Waals surface area contributed by atoms with Crippen molar-refractivity contribution in [1.29, 1.82) is 0 Å². The molecular formula is C14H12Cl2F2O4. The predicted octanol–water partition coefficient (Wildman–Crippen LogP) is 3.94. The maximum Gasteiger partial charge on any atom is 0.345 e. The first-order valence-electron chi connectivity index (χ1n) is 6.21. The average Bonchev–Trinajstić information content (AvgIpc) is 2.49. The molecule has 0 unspecified atom stereocenters. The maximum atomic E-state index is 14.0. The number of ether oxygens (including phenoxy) is 2. The molecular weight excluding hydrogens is 341 g/mol. The Hall–Kier alpha value is -1.66. The van der Waals surface area contributed by atoms with Gasteiger partial charge in [-0.05, 0) is 19.9 Å². The molecule has 0 heterocycles. The monoisotopic (exact) mass is 352 g/mol. The zero-order chi connectivity index (χ0) is 16.9. The Morgan fingerprint density at radius 1 is 1.18 bits per heavy atom. The highest BCUT2D eigenvalue weighted by molar-refractivity contribution is 6.36. The van der Waals surface area contributed by atoms with Gasteiger partial charge < -0.3 is 9.47 Å². The van der Waals surface area contributed by atoms with Gasteiger partial charge in [0.1, 0.15) is 16.9 Å². The molecule has 0 aromatic heterocycles. The van der Waals surface area contributed by atoms with Gasteiger partial charge >= 0.3 is 5.97 Å². The lowest BCUT2D eigenvalue weighted by Gasteiger charge is -2.09. The largest absolute Gasteiger partial charge is 0.500 e. The van der Waals surface area contributed by atoms with E-state index in [0.29, 0.717) is 0 Å². The lowest BCUT2D eigenvalue weighted by Crippen LogP contribution is -2.18. The van der Waals surface area contributed by atoms with Crippen molar-refractivity contribution in [2.45, 2.75) is 13.8 Å². The summed E-state index contributed by atoms with van der Waals surface area (Å²) in [7, 11) is 0. The fraction of sp³-hybridized carbons (Fsp3) is 0.286. The lowest BCUT2D eigenvalue weighted by atomic mass is 10.0. The summed E-state index contributed by atoms with van der Waals surface area (Å²) in [6.45, 7) is 3.33. The molecule has 0 fully saturated rings. The van der Waals surface area contributed by atoms with Crippen LogP contribution in [-0.2, 0) is 14.3 Å². The molecule has 1 aromatic carbocycles. The summed E-state index contributed by atoms with van der Waals surface area (Å²) in [6, 6.07) is 0.749. The number of esters is 1. The Morgan fingerprint density at radius 3 is 2.36 bits per heavy atom. The zero-order valence-electron chi connectivity index (χ0n) is 11.7. The third-order valence-corrected chi connectivity index (χ3v) is 3.06. The second-order valence-corrected chi connectivity index (χ2v) is 4.67. The fourth-order valence-corrected chi connectivity index (χ4v) is 1.91. The molecule has 0 N–H and O–H groups in total. The summed E-state index contributed by atoms with van der Waals surface area (Å²) in [6.07, 6.45) is 0.852. The van der Waals surface area contributed by atoms with Crippen molar-refractivity contribution >= 4 is 35.0 Å². The van der Waals surface area contributed by atoms with Crippen molar-refractivity contribution in [1.82, 2.24) is 0 Å². The second-order valence-electron chi connectivity index (χ2n) is 3.88. The molecule has 0 aliphatic carbocycles. The van der Waals surface area contributed by atoms with Crippen LogP contribution in [0.4, 0.5) is 8.78 Å². The van der Waals surface area contributed by atoms with Crippen LogP contribution in [0, 0.1) is 11.6 Å². The first-order chi connectivity index (χ1) is 10.3. The Labute approximate surface area is 135 Å². The number of benzene rings is 1. The SMILES string of the molecule is CCO/C=C(\C(=O)OCC)C(=O)c1cc(Cl)c(F)c(Cl)c1F. The van der Waals surface area contributed by atoms with Crippen LogP contribution in [0.15, 0.2) is 17.9 Å². The van der Waals surface area contributed by atoms with Gasteiger partial charge in [0.15, 0.2) is 11.6 Å². The number of ketones is 1. The molecule has 0 radical (unpaired) electrons. The van der Waals surface area contributed by atoms with E-state index in [0.717, 1.165) is 12.3 Å². The standard InChI is InChI=1S/C14H12Cl2F2O4/c1-3-21-6-8(14(20)22-4-2)13(19)7-5-9(15)12(18)10(16)11(7)17/h5-6H,3-4H2,1-2H3/b8-6-. The van der Waals surface area contributed by atoms with E-state index in [-0.39, 0.29) is 13.2 Å². The van der Waals surface area contributed by atoms with Crippen molar-refractivity contribution in [3.63, 3.8) is 0 Å². The van der Waals surface area contributed by atoms with Crippen LogP contribution < -0.4 is 0 Å². The van der Waals surface area contributed by atoms with Gasteiger partial charge in [-0.1, -0.05) is 23.2 Å². The topological polar surface area (TPSA) is 52.6 Å².